The molecule has 1 fully saturated rings. The van der Waals surface area contributed by atoms with Crippen LogP contribution in [0.2, 0.25) is 0 Å². The number of thiazole rings is 1. The number of ether oxygens (including phenoxy) is 1. The maximum atomic E-state index is 9.21. The average Bonchev–Trinajstić information content (AvgIpc) is 3.17. The van der Waals surface area contributed by atoms with Gasteiger partial charge in [-0.1, -0.05) is 23.8 Å². The van der Waals surface area contributed by atoms with Gasteiger partial charge in [-0.05, 0) is 50.8 Å². The highest BCUT2D eigenvalue weighted by atomic mass is 32.1. The first-order valence-electron chi connectivity index (χ1n) is 9.52. The third-order valence-corrected chi connectivity index (χ3v) is 5.56. The van der Waals surface area contributed by atoms with Gasteiger partial charge in [0, 0.05) is 11.9 Å². The van der Waals surface area contributed by atoms with Crippen LogP contribution in [-0.2, 0) is 6.61 Å². The SMILES string of the molecule is Cc1cc(-c2c[nH]/c(=N/c3cccc(CO)n3)s2)nc(OC2CCCCC2)n1. The Morgan fingerprint density at radius 1 is 1.21 bits per heavy atom. The molecule has 0 amide bonds. The van der Waals surface area contributed by atoms with Gasteiger partial charge in [0.1, 0.15) is 6.10 Å². The molecule has 8 heteroatoms. The number of hydrogen-bond donors (Lipinski definition) is 2. The molecule has 146 valence electrons. The van der Waals surface area contributed by atoms with Gasteiger partial charge in [-0.3, -0.25) is 0 Å². The van der Waals surface area contributed by atoms with Crippen molar-refractivity contribution in [3.05, 3.63) is 46.7 Å². The molecule has 0 unspecified atom stereocenters. The molecule has 1 aliphatic rings. The van der Waals surface area contributed by atoms with E-state index in [1.54, 1.807) is 12.1 Å². The smallest absolute Gasteiger partial charge is 0.317 e. The van der Waals surface area contributed by atoms with E-state index in [0.717, 1.165) is 29.1 Å². The minimum absolute atomic E-state index is 0.104. The predicted molar refractivity (Wildman–Crippen MR) is 107 cm³/mol. The van der Waals surface area contributed by atoms with Crippen molar-refractivity contribution >= 4 is 17.2 Å². The van der Waals surface area contributed by atoms with Crippen molar-refractivity contribution in [1.29, 1.82) is 0 Å². The zero-order valence-corrected chi connectivity index (χ0v) is 16.6. The first-order valence-corrected chi connectivity index (χ1v) is 10.3. The second-order valence-corrected chi connectivity index (χ2v) is 7.90. The first-order chi connectivity index (χ1) is 13.7. The Labute approximate surface area is 167 Å². The first kappa shape index (κ1) is 18.8. The monoisotopic (exact) mass is 397 g/mol. The lowest BCUT2D eigenvalue weighted by Crippen LogP contribution is -2.21. The summed E-state index contributed by atoms with van der Waals surface area (Å²) in [5, 5.41) is 9.21. The number of hydrogen-bond acceptors (Lipinski definition) is 7. The van der Waals surface area contributed by atoms with Crippen LogP contribution in [0.5, 0.6) is 6.01 Å². The molecule has 2 N–H and O–H groups in total. The third kappa shape index (κ3) is 4.63. The van der Waals surface area contributed by atoms with Crippen LogP contribution in [0.1, 0.15) is 43.5 Å². The van der Waals surface area contributed by atoms with Crippen molar-refractivity contribution in [1.82, 2.24) is 19.9 Å². The van der Waals surface area contributed by atoms with Crippen molar-refractivity contribution in [3.63, 3.8) is 0 Å². The van der Waals surface area contributed by atoms with Crippen molar-refractivity contribution in [3.8, 4) is 16.6 Å². The maximum absolute atomic E-state index is 9.21. The van der Waals surface area contributed by atoms with Crippen LogP contribution < -0.4 is 9.54 Å². The summed E-state index contributed by atoms with van der Waals surface area (Å²) in [6.07, 6.45) is 7.94. The van der Waals surface area contributed by atoms with Gasteiger partial charge >= 0.3 is 6.01 Å². The zero-order valence-electron chi connectivity index (χ0n) is 15.8. The number of pyridine rings is 1. The van der Waals surface area contributed by atoms with Gasteiger partial charge in [-0.15, -0.1) is 0 Å². The van der Waals surface area contributed by atoms with E-state index in [-0.39, 0.29) is 12.7 Å². The summed E-state index contributed by atoms with van der Waals surface area (Å²) in [6, 6.07) is 7.79. The zero-order chi connectivity index (χ0) is 19.3. The Bertz CT molecular complexity index is 1010. The van der Waals surface area contributed by atoms with E-state index in [1.165, 1.54) is 30.6 Å². The van der Waals surface area contributed by atoms with Crippen molar-refractivity contribution < 1.29 is 9.84 Å². The summed E-state index contributed by atoms with van der Waals surface area (Å²) >= 11 is 1.49. The molecule has 0 aromatic carbocycles. The second-order valence-electron chi connectivity index (χ2n) is 6.87. The molecule has 1 aliphatic carbocycles. The van der Waals surface area contributed by atoms with Crippen LogP contribution in [-0.4, -0.2) is 31.1 Å². The normalized spacial score (nSPS) is 15.7. The van der Waals surface area contributed by atoms with E-state index in [2.05, 4.69) is 24.9 Å². The number of rotatable bonds is 5. The summed E-state index contributed by atoms with van der Waals surface area (Å²) in [5.41, 5.74) is 2.28. The van der Waals surface area contributed by atoms with Crippen LogP contribution >= 0.6 is 11.3 Å². The topological polar surface area (TPSA) is 96.3 Å². The van der Waals surface area contributed by atoms with Crippen LogP contribution in [0.4, 0.5) is 5.82 Å². The summed E-state index contributed by atoms with van der Waals surface area (Å²) in [7, 11) is 0. The Balaban J connectivity index is 1.58. The number of aromatic nitrogens is 4. The van der Waals surface area contributed by atoms with E-state index < -0.39 is 0 Å². The van der Waals surface area contributed by atoms with Crippen LogP contribution in [0.25, 0.3) is 10.6 Å². The van der Waals surface area contributed by atoms with Crippen molar-refractivity contribution in [2.45, 2.75) is 51.7 Å². The molecule has 0 radical (unpaired) electrons. The van der Waals surface area contributed by atoms with Gasteiger partial charge in [0.2, 0.25) is 0 Å². The van der Waals surface area contributed by atoms with Crippen molar-refractivity contribution in [2.24, 2.45) is 4.99 Å². The van der Waals surface area contributed by atoms with Gasteiger partial charge in [0.25, 0.3) is 0 Å². The highest BCUT2D eigenvalue weighted by molar-refractivity contribution is 7.12. The van der Waals surface area contributed by atoms with E-state index in [0.29, 0.717) is 22.3 Å². The Hall–Kier alpha value is -2.58. The maximum Gasteiger partial charge on any atom is 0.317 e. The molecule has 0 spiro atoms. The Morgan fingerprint density at radius 3 is 2.89 bits per heavy atom. The van der Waals surface area contributed by atoms with Crippen LogP contribution in [0.3, 0.4) is 0 Å². The quantitative estimate of drug-likeness (QED) is 0.685. The predicted octanol–water partition coefficient (Wildman–Crippen LogP) is 3.67. The highest BCUT2D eigenvalue weighted by Crippen LogP contribution is 2.25. The fraction of sp³-hybridized carbons (Fsp3) is 0.400. The minimum atomic E-state index is -0.104. The fourth-order valence-electron chi connectivity index (χ4n) is 3.25. The van der Waals surface area contributed by atoms with E-state index >= 15 is 0 Å². The third-order valence-electron chi connectivity index (χ3n) is 4.61. The lowest BCUT2D eigenvalue weighted by atomic mass is 9.98. The molecule has 3 aromatic rings. The molecule has 28 heavy (non-hydrogen) atoms. The van der Waals surface area contributed by atoms with Gasteiger partial charge in [0.05, 0.1) is 22.9 Å². The largest absolute Gasteiger partial charge is 0.460 e. The Kier molecular flexibility index (Phi) is 5.78. The molecule has 3 heterocycles. The van der Waals surface area contributed by atoms with Crippen LogP contribution in [0.15, 0.2) is 35.5 Å². The highest BCUT2D eigenvalue weighted by Gasteiger charge is 2.17. The fourth-order valence-corrected chi connectivity index (χ4v) is 4.04. The standard InChI is InChI=1S/C20H23N5O2S/c1-13-10-16(24-19(22-13)27-15-7-3-2-4-8-15)17-11-21-20(28-17)25-18-9-5-6-14(12-26)23-18/h5-6,9-11,15,26H,2-4,7-8,12H2,1H3,(H,21,23,25). The lowest BCUT2D eigenvalue weighted by molar-refractivity contribution is 0.142. The summed E-state index contributed by atoms with van der Waals surface area (Å²) in [5.74, 6) is 0.552. The molecule has 0 aliphatic heterocycles. The number of aryl methyl sites for hydroxylation is 1. The molecule has 1 saturated carbocycles. The molecule has 0 bridgehead atoms. The molecular weight excluding hydrogens is 374 g/mol. The Morgan fingerprint density at radius 2 is 2.07 bits per heavy atom. The number of nitrogens with one attached hydrogen (secondary N) is 1. The summed E-state index contributed by atoms with van der Waals surface area (Å²) < 4.78 is 6.04. The number of aliphatic hydroxyl groups is 1. The number of aromatic amines is 1. The molecule has 3 aromatic heterocycles. The lowest BCUT2D eigenvalue weighted by Gasteiger charge is -2.21. The van der Waals surface area contributed by atoms with Gasteiger partial charge in [-0.25, -0.2) is 15.0 Å². The van der Waals surface area contributed by atoms with E-state index in [9.17, 15) is 5.11 Å². The molecule has 0 saturated heterocycles. The second kappa shape index (κ2) is 8.62. The molecule has 7 nitrogen and oxygen atoms in total. The number of nitrogens with zero attached hydrogens (tertiary/aromatic N) is 4. The van der Waals surface area contributed by atoms with Gasteiger partial charge in [-0.2, -0.15) is 4.98 Å². The van der Waals surface area contributed by atoms with Gasteiger partial charge < -0.3 is 14.8 Å². The number of aliphatic hydroxyl groups excluding tert-OH is 1. The molecule has 4 rings (SSSR count). The summed E-state index contributed by atoms with van der Waals surface area (Å²) in [6.45, 7) is 1.85. The van der Waals surface area contributed by atoms with Gasteiger partial charge in [0.15, 0.2) is 10.6 Å². The van der Waals surface area contributed by atoms with Crippen LogP contribution in [0, 0.1) is 6.92 Å². The molecular formula is C20H23N5O2S. The van der Waals surface area contributed by atoms with Crippen molar-refractivity contribution in [2.75, 3.05) is 0 Å². The summed E-state index contributed by atoms with van der Waals surface area (Å²) in [4.78, 5) is 22.7. The van der Waals surface area contributed by atoms with E-state index in [1.807, 2.05) is 25.3 Å². The number of H-pyrrole nitrogens is 1. The average molecular weight is 398 g/mol. The molecule has 0 atom stereocenters. The van der Waals surface area contributed by atoms with E-state index in [4.69, 9.17) is 4.74 Å². The minimum Gasteiger partial charge on any atom is -0.460 e.